The molecule has 0 heterocycles. The minimum absolute atomic E-state index is 0.0363. The number of rotatable bonds is 5. The van der Waals surface area contributed by atoms with Crippen LogP contribution in [0, 0.1) is 5.82 Å². The monoisotopic (exact) mass is 391 g/mol. The Morgan fingerprint density at radius 3 is 2.54 bits per heavy atom. The molecule has 0 radical (unpaired) electrons. The molecule has 0 aliphatic rings. The number of amides is 1. The van der Waals surface area contributed by atoms with Gasteiger partial charge in [0.25, 0.3) is 5.91 Å². The number of carbonyl (C=O) groups is 2. The molecule has 2 aromatic rings. The van der Waals surface area contributed by atoms with Crippen LogP contribution in [0.2, 0.25) is 0 Å². The van der Waals surface area contributed by atoms with Gasteiger partial charge < -0.3 is 10.1 Å². The van der Waals surface area contributed by atoms with Gasteiger partial charge in [-0.25, -0.2) is 9.18 Å². The highest BCUT2D eigenvalue weighted by atomic mass is 79.9. The first-order chi connectivity index (χ1) is 11.5. The minimum Gasteiger partial charge on any atom is -0.449 e. The average molecular weight is 392 g/mol. The second-order valence-electron chi connectivity index (χ2n) is 4.90. The van der Waals surface area contributed by atoms with E-state index in [4.69, 9.17) is 4.74 Å². The van der Waals surface area contributed by atoms with Gasteiger partial charge in [-0.05, 0) is 36.8 Å². The van der Waals surface area contributed by atoms with Crippen LogP contribution in [-0.4, -0.2) is 18.0 Å². The van der Waals surface area contributed by atoms with Gasteiger partial charge in [-0.2, -0.15) is 0 Å². The molecule has 0 unspecified atom stereocenters. The molecule has 1 atom stereocenters. The molecule has 1 N–H and O–H groups in total. The van der Waals surface area contributed by atoms with Gasteiger partial charge >= 0.3 is 5.97 Å². The molecular formula is C18H15BrFNO3. The van der Waals surface area contributed by atoms with E-state index in [2.05, 4.69) is 21.2 Å². The molecule has 0 saturated heterocycles. The van der Waals surface area contributed by atoms with Crippen LogP contribution in [0.1, 0.15) is 12.5 Å². The Hall–Kier alpha value is -2.47. The Kier molecular flexibility index (Phi) is 6.26. The highest BCUT2D eigenvalue weighted by Gasteiger charge is 2.17. The summed E-state index contributed by atoms with van der Waals surface area (Å²) in [6.07, 6.45) is 1.75. The summed E-state index contributed by atoms with van der Waals surface area (Å²) in [5.41, 5.74) is 0.840. The van der Waals surface area contributed by atoms with Crippen molar-refractivity contribution in [2.24, 2.45) is 0 Å². The highest BCUT2D eigenvalue weighted by molar-refractivity contribution is 9.10. The van der Waals surface area contributed by atoms with Gasteiger partial charge in [-0.1, -0.05) is 46.3 Å². The number of benzene rings is 2. The van der Waals surface area contributed by atoms with Crippen molar-refractivity contribution in [1.29, 1.82) is 0 Å². The lowest BCUT2D eigenvalue weighted by Crippen LogP contribution is -2.29. The van der Waals surface area contributed by atoms with E-state index in [9.17, 15) is 14.0 Å². The molecular weight excluding hydrogens is 377 g/mol. The molecule has 0 aromatic heterocycles. The Balaban J connectivity index is 1.92. The van der Waals surface area contributed by atoms with Gasteiger partial charge in [0, 0.05) is 10.5 Å². The summed E-state index contributed by atoms with van der Waals surface area (Å²) in [5.74, 6) is -1.83. The molecule has 0 aliphatic carbocycles. The van der Waals surface area contributed by atoms with Gasteiger partial charge in [0.05, 0.1) is 5.69 Å². The zero-order valence-corrected chi connectivity index (χ0v) is 14.4. The summed E-state index contributed by atoms with van der Waals surface area (Å²) in [6.45, 7) is 1.42. The fraction of sp³-hybridized carbons (Fsp3) is 0.111. The maximum absolute atomic E-state index is 13.5. The summed E-state index contributed by atoms with van der Waals surface area (Å²) in [5, 5.41) is 2.38. The van der Waals surface area contributed by atoms with Gasteiger partial charge in [0.1, 0.15) is 5.82 Å². The number of ether oxygens (including phenoxy) is 1. The number of esters is 1. The van der Waals surface area contributed by atoms with Gasteiger partial charge in [-0.15, -0.1) is 0 Å². The van der Waals surface area contributed by atoms with Crippen molar-refractivity contribution in [3.05, 3.63) is 70.5 Å². The van der Waals surface area contributed by atoms with E-state index in [1.807, 2.05) is 24.3 Å². The minimum atomic E-state index is -1.05. The Labute approximate surface area is 147 Å². The molecule has 124 valence electrons. The van der Waals surface area contributed by atoms with Crippen LogP contribution >= 0.6 is 15.9 Å². The third-order valence-electron chi connectivity index (χ3n) is 3.10. The number of anilines is 1. The number of para-hydroxylation sites is 1. The molecule has 1 amide bonds. The number of hydrogen-bond acceptors (Lipinski definition) is 3. The van der Waals surface area contributed by atoms with E-state index in [0.717, 1.165) is 10.0 Å². The lowest BCUT2D eigenvalue weighted by atomic mass is 10.2. The van der Waals surface area contributed by atoms with Crippen molar-refractivity contribution in [2.75, 3.05) is 5.32 Å². The van der Waals surface area contributed by atoms with Gasteiger partial charge in [0.15, 0.2) is 6.10 Å². The normalized spacial score (nSPS) is 12.0. The van der Waals surface area contributed by atoms with Crippen molar-refractivity contribution in [3.8, 4) is 0 Å². The lowest BCUT2D eigenvalue weighted by molar-refractivity contribution is -0.148. The van der Waals surface area contributed by atoms with Gasteiger partial charge in [-0.3, -0.25) is 4.79 Å². The fourth-order valence-corrected chi connectivity index (χ4v) is 2.25. The van der Waals surface area contributed by atoms with Gasteiger partial charge in [0.2, 0.25) is 0 Å². The molecule has 0 bridgehead atoms. The quantitative estimate of drug-likeness (QED) is 0.614. The van der Waals surface area contributed by atoms with E-state index in [1.165, 1.54) is 31.2 Å². The van der Waals surface area contributed by atoms with Crippen LogP contribution in [0.4, 0.5) is 10.1 Å². The van der Waals surface area contributed by atoms with E-state index in [1.54, 1.807) is 12.1 Å². The molecule has 0 saturated carbocycles. The van der Waals surface area contributed by atoms with Crippen LogP contribution in [0.3, 0.4) is 0 Å². The Bertz CT molecular complexity index is 776. The maximum atomic E-state index is 13.5. The summed E-state index contributed by atoms with van der Waals surface area (Å²) < 4.78 is 19.3. The molecule has 6 heteroatoms. The first-order valence-electron chi connectivity index (χ1n) is 7.16. The summed E-state index contributed by atoms with van der Waals surface area (Å²) >= 11 is 3.36. The largest absolute Gasteiger partial charge is 0.449 e. The molecule has 0 spiro atoms. The summed E-state index contributed by atoms with van der Waals surface area (Å²) in [7, 11) is 0. The second-order valence-corrected chi connectivity index (χ2v) is 5.76. The van der Waals surface area contributed by atoms with Crippen LogP contribution in [0.25, 0.3) is 6.08 Å². The van der Waals surface area contributed by atoms with Crippen molar-refractivity contribution in [1.82, 2.24) is 0 Å². The van der Waals surface area contributed by atoms with E-state index in [0.29, 0.717) is 0 Å². The van der Waals surface area contributed by atoms with Crippen LogP contribution in [0.15, 0.2) is 59.1 Å². The zero-order valence-electron chi connectivity index (χ0n) is 12.8. The van der Waals surface area contributed by atoms with E-state index >= 15 is 0 Å². The molecule has 2 aromatic carbocycles. The van der Waals surface area contributed by atoms with Crippen molar-refractivity contribution < 1.29 is 18.7 Å². The van der Waals surface area contributed by atoms with E-state index in [-0.39, 0.29) is 5.69 Å². The first-order valence-corrected chi connectivity index (χ1v) is 7.95. The lowest BCUT2D eigenvalue weighted by Gasteiger charge is -2.12. The maximum Gasteiger partial charge on any atom is 0.331 e. The Morgan fingerprint density at radius 2 is 1.83 bits per heavy atom. The predicted octanol–water partition coefficient (Wildman–Crippen LogP) is 4.17. The third kappa shape index (κ3) is 5.03. The number of hydrogen-bond donors (Lipinski definition) is 1. The topological polar surface area (TPSA) is 55.4 Å². The summed E-state index contributed by atoms with van der Waals surface area (Å²) in [6, 6.07) is 13.1. The zero-order chi connectivity index (χ0) is 17.5. The van der Waals surface area contributed by atoms with E-state index < -0.39 is 23.8 Å². The summed E-state index contributed by atoms with van der Waals surface area (Å²) in [4.78, 5) is 23.7. The fourth-order valence-electron chi connectivity index (χ4n) is 1.83. The predicted molar refractivity (Wildman–Crippen MR) is 93.8 cm³/mol. The van der Waals surface area contributed by atoms with Crippen LogP contribution < -0.4 is 5.32 Å². The number of halogens is 2. The molecule has 4 nitrogen and oxygen atoms in total. The average Bonchev–Trinajstić information content (AvgIpc) is 2.56. The molecule has 2 rings (SSSR count). The SMILES string of the molecule is C[C@@H](OC(=O)/C=C/c1ccccc1Br)C(=O)Nc1ccccc1F. The highest BCUT2D eigenvalue weighted by Crippen LogP contribution is 2.17. The third-order valence-corrected chi connectivity index (χ3v) is 3.82. The standard InChI is InChI=1S/C18H15BrFNO3/c1-12(18(23)21-16-9-5-4-8-15(16)20)24-17(22)11-10-13-6-2-3-7-14(13)19/h2-12H,1H3,(H,21,23)/b11-10+/t12-/m1/s1. The second kappa shape index (κ2) is 8.40. The first kappa shape index (κ1) is 17.9. The van der Waals surface area contributed by atoms with Crippen molar-refractivity contribution >= 4 is 39.6 Å². The molecule has 0 aliphatic heterocycles. The smallest absolute Gasteiger partial charge is 0.331 e. The molecule has 0 fully saturated rings. The molecule has 24 heavy (non-hydrogen) atoms. The van der Waals surface area contributed by atoms with Crippen molar-refractivity contribution in [2.45, 2.75) is 13.0 Å². The Morgan fingerprint density at radius 1 is 1.17 bits per heavy atom. The number of carbonyl (C=O) groups excluding carboxylic acids is 2. The number of nitrogens with one attached hydrogen (secondary N) is 1. The van der Waals surface area contributed by atoms with Crippen molar-refractivity contribution in [3.63, 3.8) is 0 Å². The van der Waals surface area contributed by atoms with Crippen LogP contribution in [-0.2, 0) is 14.3 Å². The van der Waals surface area contributed by atoms with Crippen LogP contribution in [0.5, 0.6) is 0 Å².